The van der Waals surface area contributed by atoms with Crippen molar-refractivity contribution in [2.75, 3.05) is 11.9 Å². The number of carboxylic acid groups (broad SMARTS) is 1. The summed E-state index contributed by atoms with van der Waals surface area (Å²) in [5, 5.41) is 11.4. The number of carbonyl (C=O) groups is 2. The molecule has 1 atom stereocenters. The summed E-state index contributed by atoms with van der Waals surface area (Å²) in [6, 6.07) is 13.1. The van der Waals surface area contributed by atoms with Crippen LogP contribution in [0, 0.1) is 11.7 Å². The Labute approximate surface area is 151 Å². The molecule has 0 aromatic heterocycles. The maximum atomic E-state index is 13.2. The van der Waals surface area contributed by atoms with Gasteiger partial charge < -0.3 is 15.2 Å². The number of nitrogens with one attached hydrogen (secondary N) is 1. The molecule has 138 valence electrons. The van der Waals surface area contributed by atoms with Crippen LogP contribution in [0.2, 0.25) is 0 Å². The Morgan fingerprint density at radius 1 is 1.19 bits per heavy atom. The number of amides is 1. The lowest BCUT2D eigenvalue weighted by Gasteiger charge is -2.13. The van der Waals surface area contributed by atoms with Crippen molar-refractivity contribution in [3.63, 3.8) is 0 Å². The van der Waals surface area contributed by atoms with E-state index in [-0.39, 0.29) is 24.1 Å². The second-order valence-electron chi connectivity index (χ2n) is 6.09. The number of hydrogen-bond acceptors (Lipinski definition) is 3. The second kappa shape index (κ2) is 9.56. The van der Waals surface area contributed by atoms with E-state index in [0.29, 0.717) is 30.9 Å². The van der Waals surface area contributed by atoms with Gasteiger partial charge >= 0.3 is 5.97 Å². The van der Waals surface area contributed by atoms with Crippen molar-refractivity contribution in [2.24, 2.45) is 5.92 Å². The summed E-state index contributed by atoms with van der Waals surface area (Å²) < 4.78 is 18.7. The standard InChI is InChI=1S/C20H22FNO4/c1-14(12-15-4-2-5-16(21)13-15)20(25)22-17-7-9-18(10-8-17)26-11-3-6-19(23)24/h2,4-5,7-10,13-14H,3,6,11-12H2,1H3,(H,22,25)(H,23,24). The maximum Gasteiger partial charge on any atom is 0.303 e. The number of benzene rings is 2. The third-order valence-electron chi connectivity index (χ3n) is 3.80. The van der Waals surface area contributed by atoms with Gasteiger partial charge in [0.2, 0.25) is 5.91 Å². The van der Waals surface area contributed by atoms with Crippen molar-refractivity contribution in [1.29, 1.82) is 0 Å². The molecule has 26 heavy (non-hydrogen) atoms. The summed E-state index contributed by atoms with van der Waals surface area (Å²) in [6.07, 6.45) is 0.955. The van der Waals surface area contributed by atoms with Crippen LogP contribution in [0.1, 0.15) is 25.3 Å². The average molecular weight is 359 g/mol. The van der Waals surface area contributed by atoms with E-state index >= 15 is 0 Å². The normalized spacial score (nSPS) is 11.6. The van der Waals surface area contributed by atoms with Crippen LogP contribution in [-0.4, -0.2) is 23.6 Å². The summed E-state index contributed by atoms with van der Waals surface area (Å²) in [7, 11) is 0. The van der Waals surface area contributed by atoms with Crippen molar-refractivity contribution >= 4 is 17.6 Å². The Balaban J connectivity index is 1.81. The highest BCUT2D eigenvalue weighted by atomic mass is 19.1. The largest absolute Gasteiger partial charge is 0.494 e. The average Bonchev–Trinajstić information content (AvgIpc) is 2.60. The third-order valence-corrected chi connectivity index (χ3v) is 3.80. The van der Waals surface area contributed by atoms with Gasteiger partial charge in [0.15, 0.2) is 0 Å². The number of ether oxygens (including phenoxy) is 1. The predicted octanol–water partition coefficient (Wildman–Crippen LogP) is 3.89. The zero-order chi connectivity index (χ0) is 18.9. The van der Waals surface area contributed by atoms with Crippen LogP contribution in [-0.2, 0) is 16.0 Å². The number of rotatable bonds is 9. The molecule has 0 aliphatic carbocycles. The summed E-state index contributed by atoms with van der Waals surface area (Å²) in [4.78, 5) is 22.7. The molecule has 1 unspecified atom stereocenters. The van der Waals surface area contributed by atoms with Crippen molar-refractivity contribution in [1.82, 2.24) is 0 Å². The molecule has 0 heterocycles. The summed E-state index contributed by atoms with van der Waals surface area (Å²) in [5.41, 5.74) is 1.41. The van der Waals surface area contributed by atoms with E-state index < -0.39 is 5.97 Å². The molecule has 0 fully saturated rings. The van der Waals surface area contributed by atoms with Gasteiger partial charge in [-0.2, -0.15) is 0 Å². The van der Waals surface area contributed by atoms with E-state index in [0.717, 1.165) is 5.56 Å². The molecule has 0 saturated carbocycles. The SMILES string of the molecule is CC(Cc1cccc(F)c1)C(=O)Nc1ccc(OCCCC(=O)O)cc1. The summed E-state index contributed by atoms with van der Waals surface area (Å²) in [6.45, 7) is 2.11. The van der Waals surface area contributed by atoms with Crippen LogP contribution in [0.5, 0.6) is 5.75 Å². The van der Waals surface area contributed by atoms with Crippen molar-refractivity contribution in [3.05, 3.63) is 59.9 Å². The number of aliphatic carboxylic acids is 1. The fourth-order valence-electron chi connectivity index (χ4n) is 2.42. The van der Waals surface area contributed by atoms with E-state index in [1.54, 1.807) is 43.3 Å². The van der Waals surface area contributed by atoms with Gasteiger partial charge in [0.1, 0.15) is 11.6 Å². The van der Waals surface area contributed by atoms with Gasteiger partial charge in [0, 0.05) is 18.0 Å². The van der Waals surface area contributed by atoms with Gasteiger partial charge in [0.25, 0.3) is 0 Å². The van der Waals surface area contributed by atoms with Crippen molar-refractivity contribution < 1.29 is 23.8 Å². The van der Waals surface area contributed by atoms with Gasteiger partial charge in [-0.25, -0.2) is 4.39 Å². The minimum atomic E-state index is -0.848. The van der Waals surface area contributed by atoms with Crippen LogP contribution in [0.4, 0.5) is 10.1 Å². The highest BCUT2D eigenvalue weighted by Crippen LogP contribution is 2.18. The van der Waals surface area contributed by atoms with Crippen LogP contribution >= 0.6 is 0 Å². The lowest BCUT2D eigenvalue weighted by atomic mass is 10.0. The molecule has 1 amide bonds. The van der Waals surface area contributed by atoms with E-state index in [1.165, 1.54) is 12.1 Å². The van der Waals surface area contributed by atoms with Gasteiger partial charge in [0.05, 0.1) is 6.61 Å². The Morgan fingerprint density at radius 3 is 2.58 bits per heavy atom. The molecule has 6 heteroatoms. The predicted molar refractivity (Wildman–Crippen MR) is 96.7 cm³/mol. The van der Waals surface area contributed by atoms with Gasteiger partial charge in [-0.15, -0.1) is 0 Å². The Morgan fingerprint density at radius 2 is 1.92 bits per heavy atom. The van der Waals surface area contributed by atoms with Gasteiger partial charge in [-0.3, -0.25) is 9.59 Å². The first-order valence-electron chi connectivity index (χ1n) is 8.44. The van der Waals surface area contributed by atoms with E-state index in [1.807, 2.05) is 0 Å². The van der Waals surface area contributed by atoms with Crippen LogP contribution < -0.4 is 10.1 Å². The van der Waals surface area contributed by atoms with E-state index in [9.17, 15) is 14.0 Å². The molecule has 0 spiro atoms. The van der Waals surface area contributed by atoms with Gasteiger partial charge in [-0.1, -0.05) is 19.1 Å². The van der Waals surface area contributed by atoms with Crippen LogP contribution in [0.3, 0.4) is 0 Å². The molecular formula is C20H22FNO4. The number of carboxylic acids is 1. The number of anilines is 1. The number of hydrogen-bond donors (Lipinski definition) is 2. The monoisotopic (exact) mass is 359 g/mol. The first kappa shape index (κ1) is 19.4. The molecule has 0 aliphatic rings. The molecule has 0 aliphatic heterocycles. The molecule has 5 nitrogen and oxygen atoms in total. The maximum absolute atomic E-state index is 13.2. The zero-order valence-electron chi connectivity index (χ0n) is 14.6. The Kier molecular flexibility index (Phi) is 7.14. The molecule has 0 radical (unpaired) electrons. The minimum absolute atomic E-state index is 0.0668. The molecule has 2 N–H and O–H groups in total. The van der Waals surface area contributed by atoms with Gasteiger partial charge in [-0.05, 0) is 54.8 Å². The Bertz CT molecular complexity index is 746. The fourth-order valence-corrected chi connectivity index (χ4v) is 2.42. The lowest BCUT2D eigenvalue weighted by Crippen LogP contribution is -2.22. The second-order valence-corrected chi connectivity index (χ2v) is 6.09. The van der Waals surface area contributed by atoms with Crippen LogP contribution in [0.15, 0.2) is 48.5 Å². The van der Waals surface area contributed by atoms with E-state index in [2.05, 4.69) is 5.32 Å². The third kappa shape index (κ3) is 6.55. The molecule has 2 aromatic carbocycles. The molecule has 0 saturated heterocycles. The van der Waals surface area contributed by atoms with E-state index in [4.69, 9.17) is 9.84 Å². The topological polar surface area (TPSA) is 75.6 Å². The van der Waals surface area contributed by atoms with Crippen molar-refractivity contribution in [3.8, 4) is 5.75 Å². The smallest absolute Gasteiger partial charge is 0.303 e. The molecule has 0 bridgehead atoms. The molecule has 2 aromatic rings. The summed E-state index contributed by atoms with van der Waals surface area (Å²) in [5.74, 6) is -0.998. The fraction of sp³-hybridized carbons (Fsp3) is 0.300. The highest BCUT2D eigenvalue weighted by Gasteiger charge is 2.14. The highest BCUT2D eigenvalue weighted by molar-refractivity contribution is 5.92. The number of carbonyl (C=O) groups excluding carboxylic acids is 1. The minimum Gasteiger partial charge on any atom is -0.494 e. The van der Waals surface area contributed by atoms with Crippen molar-refractivity contribution in [2.45, 2.75) is 26.2 Å². The van der Waals surface area contributed by atoms with Crippen LogP contribution in [0.25, 0.3) is 0 Å². The summed E-state index contributed by atoms with van der Waals surface area (Å²) >= 11 is 0. The quantitative estimate of drug-likeness (QED) is 0.666. The first-order chi connectivity index (χ1) is 12.4. The molecule has 2 rings (SSSR count). The number of halogens is 1. The first-order valence-corrected chi connectivity index (χ1v) is 8.44. The Hall–Kier alpha value is -2.89. The zero-order valence-corrected chi connectivity index (χ0v) is 14.6. The molecular weight excluding hydrogens is 337 g/mol. The lowest BCUT2D eigenvalue weighted by molar-refractivity contribution is -0.137.